The number of fused-ring (bicyclic) bond motifs is 4. The second-order valence-corrected chi connectivity index (χ2v) is 9.99. The van der Waals surface area contributed by atoms with Crippen molar-refractivity contribution in [3.05, 3.63) is 52.1 Å². The summed E-state index contributed by atoms with van der Waals surface area (Å²) in [6.45, 7) is 1.90. The van der Waals surface area contributed by atoms with Crippen LogP contribution in [-0.2, 0) is 7.05 Å². The van der Waals surface area contributed by atoms with Crippen molar-refractivity contribution in [2.45, 2.75) is 35.7 Å². The Morgan fingerprint density at radius 2 is 1.79 bits per heavy atom. The Morgan fingerprint density at radius 1 is 1.12 bits per heavy atom. The molecule has 0 atom stereocenters. The Balaban J connectivity index is 1.65. The van der Waals surface area contributed by atoms with E-state index in [0.29, 0.717) is 27.5 Å². The highest BCUT2D eigenvalue weighted by atomic mass is 32.2. The van der Waals surface area contributed by atoms with Gasteiger partial charge in [0.1, 0.15) is 0 Å². The van der Waals surface area contributed by atoms with Gasteiger partial charge in [-0.05, 0) is 71.8 Å². The lowest BCUT2D eigenvalue weighted by Gasteiger charge is -2.27. The number of carbonyl (C=O) groups excluding carboxylic acids is 1. The van der Waals surface area contributed by atoms with Gasteiger partial charge in [0.2, 0.25) is 11.1 Å². The highest BCUT2D eigenvalue weighted by molar-refractivity contribution is 7.99. The van der Waals surface area contributed by atoms with E-state index in [2.05, 4.69) is 20.4 Å². The van der Waals surface area contributed by atoms with Crippen molar-refractivity contribution in [3.63, 3.8) is 0 Å². The molecule has 1 amide bonds. The molecule has 3 fully saturated rings. The molecule has 10 nitrogen and oxygen atoms in total. The number of nitro groups is 1. The summed E-state index contributed by atoms with van der Waals surface area (Å²) in [6, 6.07) is 10.7. The maximum Gasteiger partial charge on any atom is 0.278 e. The number of aryl methyl sites for hydroxylation is 1. The number of aromatic nitrogens is 4. The maximum absolute atomic E-state index is 12.2. The van der Waals surface area contributed by atoms with Crippen LogP contribution in [0.5, 0.6) is 0 Å². The Bertz CT molecular complexity index is 1240. The number of nitrogens with two attached hydrogens (primary N) is 1. The topological polar surface area (TPSA) is 133 Å². The zero-order valence-electron chi connectivity index (χ0n) is 18.8. The molecule has 3 aromatic rings. The van der Waals surface area contributed by atoms with Gasteiger partial charge in [-0.25, -0.2) is 4.68 Å². The van der Waals surface area contributed by atoms with Crippen LogP contribution in [-0.4, -0.2) is 44.1 Å². The van der Waals surface area contributed by atoms with E-state index in [1.54, 1.807) is 13.1 Å². The van der Waals surface area contributed by atoms with E-state index < -0.39 is 10.8 Å². The van der Waals surface area contributed by atoms with E-state index in [-0.39, 0.29) is 11.3 Å². The molecule has 34 heavy (non-hydrogen) atoms. The fourth-order valence-corrected chi connectivity index (χ4v) is 5.98. The summed E-state index contributed by atoms with van der Waals surface area (Å²) in [7, 11) is 1.68. The smallest absolute Gasteiger partial charge is 0.278 e. The van der Waals surface area contributed by atoms with Gasteiger partial charge in [0, 0.05) is 42.3 Å². The molecule has 3 aliphatic rings. The minimum Gasteiger partial charge on any atom is -0.370 e. The van der Waals surface area contributed by atoms with Gasteiger partial charge in [0.15, 0.2) is 0 Å². The Hall–Kier alpha value is -3.47. The quantitative estimate of drug-likeness (QED) is 0.418. The number of rotatable bonds is 6. The molecule has 2 aliphatic heterocycles. The van der Waals surface area contributed by atoms with Crippen LogP contribution in [0.2, 0.25) is 0 Å². The van der Waals surface area contributed by atoms with Crippen LogP contribution in [0.3, 0.4) is 0 Å². The summed E-state index contributed by atoms with van der Waals surface area (Å²) in [6.07, 6.45) is 4.96. The Kier molecular flexibility index (Phi) is 5.94. The van der Waals surface area contributed by atoms with E-state index in [0.717, 1.165) is 36.1 Å². The third-order valence-corrected chi connectivity index (χ3v) is 7.89. The number of nitro benzene ring substituents is 1. The molecule has 2 aromatic carbocycles. The van der Waals surface area contributed by atoms with Crippen molar-refractivity contribution in [3.8, 4) is 11.1 Å². The van der Waals surface area contributed by atoms with Crippen LogP contribution >= 0.6 is 11.8 Å². The van der Waals surface area contributed by atoms with Crippen molar-refractivity contribution in [2.24, 2.45) is 24.6 Å². The number of anilines is 1. The average molecular weight is 480 g/mol. The minimum atomic E-state index is -0.746. The fourth-order valence-electron chi connectivity index (χ4n) is 5.09. The van der Waals surface area contributed by atoms with Gasteiger partial charge in [-0.15, -0.1) is 5.10 Å². The molecule has 2 bridgehead atoms. The summed E-state index contributed by atoms with van der Waals surface area (Å²) >= 11 is 1.15. The molecule has 1 saturated carbocycles. The van der Waals surface area contributed by atoms with Gasteiger partial charge >= 0.3 is 0 Å². The van der Waals surface area contributed by atoms with Gasteiger partial charge in [-0.3, -0.25) is 14.9 Å². The molecule has 0 unspecified atom stereocenters. The second-order valence-electron chi connectivity index (χ2n) is 8.98. The van der Waals surface area contributed by atoms with E-state index in [4.69, 9.17) is 5.73 Å². The molecule has 2 N–H and O–H groups in total. The number of hydrogen-bond donors (Lipinski definition) is 1. The van der Waals surface area contributed by atoms with Crippen LogP contribution in [0.4, 0.5) is 11.4 Å². The number of tetrazole rings is 1. The molecule has 0 radical (unpaired) electrons. The first-order chi connectivity index (χ1) is 16.4. The summed E-state index contributed by atoms with van der Waals surface area (Å²) in [5, 5.41) is 24.0. The number of nitrogens with zero attached hydrogens (tertiary/aromatic N) is 6. The first kappa shape index (κ1) is 22.3. The lowest BCUT2D eigenvalue weighted by molar-refractivity contribution is -0.384. The molecule has 1 aliphatic carbocycles. The van der Waals surface area contributed by atoms with Crippen molar-refractivity contribution >= 4 is 29.0 Å². The largest absolute Gasteiger partial charge is 0.370 e. The summed E-state index contributed by atoms with van der Waals surface area (Å²) < 4.78 is 1.47. The van der Waals surface area contributed by atoms with Crippen LogP contribution < -0.4 is 10.6 Å². The van der Waals surface area contributed by atoms with Crippen LogP contribution in [0.15, 0.2) is 46.5 Å². The average Bonchev–Trinajstić information content (AvgIpc) is 3.02. The maximum atomic E-state index is 12.2. The van der Waals surface area contributed by atoms with Crippen LogP contribution in [0.1, 0.15) is 36.0 Å². The molecular formula is C23H25N7O3S. The Labute approximate surface area is 200 Å². The predicted octanol–water partition coefficient (Wildman–Crippen LogP) is 3.66. The SMILES string of the molecule is Cn1nnnc1Sc1cc(-c2ccccc2N2CC3CCC(CC3)C2)c([N+](=O)[O-])cc1C(N)=O. The fraction of sp³-hybridized carbons (Fsp3) is 0.391. The Morgan fingerprint density at radius 3 is 2.38 bits per heavy atom. The van der Waals surface area contributed by atoms with Crippen molar-refractivity contribution in [1.29, 1.82) is 0 Å². The zero-order valence-corrected chi connectivity index (χ0v) is 19.6. The lowest BCUT2D eigenvalue weighted by Crippen LogP contribution is -2.28. The zero-order chi connectivity index (χ0) is 23.8. The summed E-state index contributed by atoms with van der Waals surface area (Å²) in [4.78, 5) is 26.7. The summed E-state index contributed by atoms with van der Waals surface area (Å²) in [5.41, 5.74) is 7.70. The van der Waals surface area contributed by atoms with E-state index in [9.17, 15) is 14.9 Å². The first-order valence-electron chi connectivity index (χ1n) is 11.3. The van der Waals surface area contributed by atoms with Crippen molar-refractivity contribution < 1.29 is 9.72 Å². The van der Waals surface area contributed by atoms with Gasteiger partial charge < -0.3 is 10.6 Å². The molecule has 2 saturated heterocycles. The van der Waals surface area contributed by atoms with E-state index >= 15 is 0 Å². The molecular weight excluding hydrogens is 454 g/mol. The van der Waals surface area contributed by atoms with E-state index in [1.165, 1.54) is 36.4 Å². The van der Waals surface area contributed by atoms with E-state index in [1.807, 2.05) is 24.3 Å². The van der Waals surface area contributed by atoms with Gasteiger partial charge in [0.05, 0.1) is 16.1 Å². The highest BCUT2D eigenvalue weighted by Crippen LogP contribution is 2.44. The molecule has 6 rings (SSSR count). The molecule has 3 heterocycles. The number of para-hydroxylation sites is 1. The van der Waals surface area contributed by atoms with Gasteiger partial charge in [-0.1, -0.05) is 18.2 Å². The monoisotopic (exact) mass is 479 g/mol. The molecule has 11 heteroatoms. The van der Waals surface area contributed by atoms with Crippen molar-refractivity contribution in [1.82, 2.24) is 20.2 Å². The third-order valence-electron chi connectivity index (χ3n) is 6.80. The van der Waals surface area contributed by atoms with Crippen LogP contribution in [0.25, 0.3) is 11.1 Å². The molecule has 176 valence electrons. The van der Waals surface area contributed by atoms with Crippen LogP contribution in [0, 0.1) is 22.0 Å². The summed E-state index contributed by atoms with van der Waals surface area (Å²) in [5.74, 6) is 0.548. The number of carbonyl (C=O) groups is 1. The second kappa shape index (κ2) is 9.05. The first-order valence-corrected chi connectivity index (χ1v) is 12.1. The van der Waals surface area contributed by atoms with Gasteiger partial charge in [0.25, 0.3) is 5.69 Å². The predicted molar refractivity (Wildman–Crippen MR) is 128 cm³/mol. The third kappa shape index (κ3) is 4.23. The number of primary amides is 1. The number of hydrogen-bond acceptors (Lipinski definition) is 8. The normalized spacial score (nSPS) is 19.7. The number of amides is 1. The highest BCUT2D eigenvalue weighted by Gasteiger charge is 2.32. The van der Waals surface area contributed by atoms with Gasteiger partial charge in [-0.2, -0.15) is 0 Å². The minimum absolute atomic E-state index is 0.0637. The standard InChI is InChI=1S/C23H25N7O3S/c1-28-23(25-26-27-28)34-21-11-17(20(30(32)33)10-18(21)22(24)31)16-4-2-3-5-19(16)29-12-14-6-7-15(13-29)9-8-14/h2-5,10-11,14-15H,6-9,12-13H2,1H3,(H2,24,31). The van der Waals surface area contributed by atoms with Crippen molar-refractivity contribution in [2.75, 3.05) is 18.0 Å². The molecule has 0 spiro atoms. The number of benzene rings is 2. The molecule has 1 aromatic heterocycles. The lowest BCUT2D eigenvalue weighted by atomic mass is 9.84.